The van der Waals surface area contributed by atoms with Crippen LogP contribution in [0.4, 0.5) is 0 Å². The number of unbranched alkanes of at least 4 members (excludes halogenated alkanes) is 1. The lowest BCUT2D eigenvalue weighted by atomic mass is 10.3. The molecule has 0 aromatic rings. The molecule has 0 aliphatic rings. The van der Waals surface area contributed by atoms with Gasteiger partial charge in [0.2, 0.25) is 0 Å². The van der Waals surface area contributed by atoms with E-state index in [1.807, 2.05) is 0 Å². The van der Waals surface area contributed by atoms with E-state index in [0.717, 1.165) is 19.3 Å². The summed E-state index contributed by atoms with van der Waals surface area (Å²) in [4.78, 5) is 9.66. The second-order valence-corrected chi connectivity index (χ2v) is 1.93. The minimum absolute atomic E-state index is 0.713. The average Bonchev–Trinajstić information content (AvgIpc) is 1.97. The van der Waals surface area contributed by atoms with E-state index < -0.39 is 0 Å². The van der Waals surface area contributed by atoms with Crippen LogP contribution in [-0.4, -0.2) is 19.2 Å². The minimum Gasteiger partial charge on any atom is -0.381 e. The molecular formula is C8H13O2. The topological polar surface area (TPSA) is 26.3 Å². The van der Waals surface area contributed by atoms with Gasteiger partial charge in [0, 0.05) is 13.2 Å². The molecule has 0 amide bonds. The van der Waals surface area contributed by atoms with Crippen molar-refractivity contribution in [3.63, 3.8) is 0 Å². The van der Waals surface area contributed by atoms with Crippen LogP contribution in [0, 0.1) is 6.92 Å². The van der Waals surface area contributed by atoms with Gasteiger partial charge in [-0.25, -0.2) is 4.79 Å². The lowest BCUT2D eigenvalue weighted by molar-refractivity contribution is 0.136. The fraction of sp³-hybridized carbons (Fsp3) is 0.625. The third-order valence-corrected chi connectivity index (χ3v) is 1.01. The summed E-state index contributed by atoms with van der Waals surface area (Å²) in [5, 5.41) is 0. The highest BCUT2D eigenvalue weighted by Gasteiger charge is 1.84. The van der Waals surface area contributed by atoms with Crippen molar-refractivity contribution >= 4 is 5.94 Å². The van der Waals surface area contributed by atoms with Crippen LogP contribution >= 0.6 is 0 Å². The Morgan fingerprint density at radius 1 is 1.50 bits per heavy atom. The first kappa shape index (κ1) is 9.41. The van der Waals surface area contributed by atoms with Crippen LogP contribution in [0.3, 0.4) is 0 Å². The number of carbonyl (C=O) groups excluding carboxylic acids is 1. The van der Waals surface area contributed by atoms with E-state index in [1.54, 1.807) is 5.94 Å². The Labute approximate surface area is 61.9 Å². The highest BCUT2D eigenvalue weighted by Crippen LogP contribution is 1.90. The van der Waals surface area contributed by atoms with Crippen LogP contribution in [0.2, 0.25) is 0 Å². The molecule has 0 saturated carbocycles. The van der Waals surface area contributed by atoms with E-state index in [0.29, 0.717) is 13.2 Å². The molecule has 1 radical (unpaired) electrons. The standard InChI is InChI=1S/C8H13O2/c1-2-7-10-8-5-3-4-6-9/h4H,1-3,5,7-8H2. The van der Waals surface area contributed by atoms with Crippen molar-refractivity contribution in [2.45, 2.75) is 19.3 Å². The first-order valence-electron chi connectivity index (χ1n) is 3.48. The van der Waals surface area contributed by atoms with E-state index in [9.17, 15) is 4.79 Å². The smallest absolute Gasteiger partial charge is 0.120 e. The first-order chi connectivity index (χ1) is 4.91. The van der Waals surface area contributed by atoms with E-state index in [2.05, 4.69) is 6.92 Å². The zero-order valence-corrected chi connectivity index (χ0v) is 6.14. The molecule has 0 aliphatic carbocycles. The molecule has 2 heteroatoms. The van der Waals surface area contributed by atoms with Crippen LogP contribution < -0.4 is 0 Å². The zero-order chi connectivity index (χ0) is 7.66. The lowest BCUT2D eigenvalue weighted by Gasteiger charge is -1.97. The summed E-state index contributed by atoms with van der Waals surface area (Å²) in [6.07, 6.45) is 3.95. The van der Waals surface area contributed by atoms with Gasteiger partial charge in [0.25, 0.3) is 0 Å². The number of rotatable bonds is 6. The molecule has 57 valence electrons. The fourth-order valence-corrected chi connectivity index (χ4v) is 0.551. The van der Waals surface area contributed by atoms with Crippen molar-refractivity contribution in [1.82, 2.24) is 0 Å². The maximum absolute atomic E-state index is 9.66. The number of hydrogen-bond donors (Lipinski definition) is 0. The van der Waals surface area contributed by atoms with Crippen LogP contribution in [0.25, 0.3) is 0 Å². The molecule has 2 nitrogen and oxygen atoms in total. The average molecular weight is 141 g/mol. The maximum Gasteiger partial charge on any atom is 0.120 e. The van der Waals surface area contributed by atoms with E-state index in [1.165, 1.54) is 6.08 Å². The Bertz CT molecular complexity index is 104. The third-order valence-electron chi connectivity index (χ3n) is 1.01. The van der Waals surface area contributed by atoms with Crippen molar-refractivity contribution in [3.8, 4) is 0 Å². The molecule has 0 fully saturated rings. The zero-order valence-electron chi connectivity index (χ0n) is 6.14. The molecule has 0 spiro atoms. The largest absolute Gasteiger partial charge is 0.381 e. The molecule has 0 rings (SSSR count). The quantitative estimate of drug-likeness (QED) is 0.413. The molecule has 0 saturated heterocycles. The molecule has 10 heavy (non-hydrogen) atoms. The maximum atomic E-state index is 9.66. The summed E-state index contributed by atoms with van der Waals surface area (Å²) in [6.45, 7) is 5.05. The van der Waals surface area contributed by atoms with Crippen molar-refractivity contribution < 1.29 is 9.53 Å². The fourth-order valence-electron chi connectivity index (χ4n) is 0.551. The lowest BCUT2D eigenvalue weighted by Crippen LogP contribution is -1.94. The van der Waals surface area contributed by atoms with Gasteiger partial charge >= 0.3 is 0 Å². The van der Waals surface area contributed by atoms with Gasteiger partial charge in [0.05, 0.1) is 0 Å². The molecule has 0 aromatic heterocycles. The van der Waals surface area contributed by atoms with E-state index in [-0.39, 0.29) is 0 Å². The van der Waals surface area contributed by atoms with E-state index in [4.69, 9.17) is 4.74 Å². The van der Waals surface area contributed by atoms with Crippen molar-refractivity contribution in [1.29, 1.82) is 0 Å². The molecule has 0 aliphatic heterocycles. The van der Waals surface area contributed by atoms with Crippen molar-refractivity contribution in [2.75, 3.05) is 13.2 Å². The summed E-state index contributed by atoms with van der Waals surface area (Å²) in [6, 6.07) is 0. The van der Waals surface area contributed by atoms with Gasteiger partial charge in [-0.15, -0.1) is 0 Å². The van der Waals surface area contributed by atoms with Gasteiger partial charge in [-0.3, -0.25) is 0 Å². The molecular weight excluding hydrogens is 128 g/mol. The number of allylic oxidation sites excluding steroid dienone is 1. The summed E-state index contributed by atoms with van der Waals surface area (Å²) in [7, 11) is 0. The number of hydrogen-bond acceptors (Lipinski definition) is 2. The van der Waals surface area contributed by atoms with Crippen LogP contribution in [-0.2, 0) is 9.53 Å². The SMILES string of the molecule is [CH2]CCOCCCC=C=O. The van der Waals surface area contributed by atoms with Gasteiger partial charge in [0.1, 0.15) is 5.94 Å². The van der Waals surface area contributed by atoms with Crippen LogP contribution in [0.1, 0.15) is 19.3 Å². The first-order valence-corrected chi connectivity index (χ1v) is 3.48. The van der Waals surface area contributed by atoms with Crippen LogP contribution in [0.5, 0.6) is 0 Å². The molecule has 0 aromatic carbocycles. The molecule has 0 atom stereocenters. The van der Waals surface area contributed by atoms with Crippen molar-refractivity contribution in [3.05, 3.63) is 13.0 Å². The van der Waals surface area contributed by atoms with Gasteiger partial charge in [-0.2, -0.15) is 0 Å². The molecule has 0 N–H and O–H groups in total. The molecule has 0 unspecified atom stereocenters. The Morgan fingerprint density at radius 2 is 2.30 bits per heavy atom. The van der Waals surface area contributed by atoms with Gasteiger partial charge in [0.15, 0.2) is 0 Å². The van der Waals surface area contributed by atoms with Gasteiger partial charge in [-0.1, -0.05) is 6.92 Å². The molecule has 0 heterocycles. The Balaban J connectivity index is 2.83. The van der Waals surface area contributed by atoms with Crippen LogP contribution in [0.15, 0.2) is 6.08 Å². The van der Waals surface area contributed by atoms with Crippen molar-refractivity contribution in [2.24, 2.45) is 0 Å². The monoisotopic (exact) mass is 141 g/mol. The predicted octanol–water partition coefficient (Wildman–Crippen LogP) is 1.40. The highest BCUT2D eigenvalue weighted by atomic mass is 16.5. The highest BCUT2D eigenvalue weighted by molar-refractivity contribution is 5.44. The summed E-state index contributed by atoms with van der Waals surface area (Å²) >= 11 is 0. The Hall–Kier alpha value is -0.590. The van der Waals surface area contributed by atoms with Gasteiger partial charge < -0.3 is 4.74 Å². The number of ether oxygens (including phenoxy) is 1. The summed E-state index contributed by atoms with van der Waals surface area (Å²) < 4.78 is 5.12. The Morgan fingerprint density at radius 3 is 2.90 bits per heavy atom. The second kappa shape index (κ2) is 8.41. The predicted molar refractivity (Wildman–Crippen MR) is 40.3 cm³/mol. The minimum atomic E-state index is 0.713. The molecule has 0 bridgehead atoms. The normalized spacial score (nSPS) is 8.90. The second-order valence-electron chi connectivity index (χ2n) is 1.93. The third kappa shape index (κ3) is 7.41. The Kier molecular flexibility index (Phi) is 7.91. The van der Waals surface area contributed by atoms with Gasteiger partial charge in [-0.05, 0) is 25.3 Å². The van der Waals surface area contributed by atoms with E-state index >= 15 is 0 Å². The summed E-state index contributed by atoms with van der Waals surface area (Å²) in [5.41, 5.74) is 0. The summed E-state index contributed by atoms with van der Waals surface area (Å²) in [5.74, 6) is 1.72.